The Hall–Kier alpha value is -3.36. The van der Waals surface area contributed by atoms with Gasteiger partial charge in [-0.3, -0.25) is 4.55 Å². The zero-order valence-corrected chi connectivity index (χ0v) is 16.4. The topological polar surface area (TPSA) is 142 Å². The zero-order chi connectivity index (χ0) is 21.4. The van der Waals surface area contributed by atoms with Crippen molar-refractivity contribution in [3.63, 3.8) is 0 Å². The summed E-state index contributed by atoms with van der Waals surface area (Å²) in [4.78, 5) is 16.0. The fourth-order valence-corrected chi connectivity index (χ4v) is 3.15. The number of carbonyl (C=O) groups is 1. The molecule has 0 saturated carbocycles. The predicted molar refractivity (Wildman–Crippen MR) is 105 cm³/mol. The first kappa shape index (κ1) is 21.9. The molecule has 1 fully saturated rings. The normalized spacial score (nSPS) is 13.1. The minimum absolute atomic E-state index is 0.342. The average molecular weight is 422 g/mol. The maximum Gasteiger partial charge on any atom is 0.446 e. The van der Waals surface area contributed by atoms with Crippen LogP contribution in [-0.4, -0.2) is 44.2 Å². The Bertz CT molecular complexity index is 1010. The molecule has 0 aromatic heterocycles. The molecule has 2 N–H and O–H groups in total. The van der Waals surface area contributed by atoms with Gasteiger partial charge in [0.15, 0.2) is 10.7 Å². The first-order chi connectivity index (χ1) is 13.7. The molecule has 154 valence electrons. The molecule has 29 heavy (non-hydrogen) atoms. The van der Waals surface area contributed by atoms with Gasteiger partial charge in [0, 0.05) is 19.2 Å². The Kier molecular flexibility index (Phi) is 7.35. The number of carboxylic acid groups (broad SMARTS) is 1. The van der Waals surface area contributed by atoms with Gasteiger partial charge in [0.25, 0.3) is 0 Å². The molecule has 1 aliphatic heterocycles. The van der Waals surface area contributed by atoms with Crippen LogP contribution >= 0.6 is 0 Å². The average Bonchev–Trinajstić information content (AvgIpc) is 3.21. The van der Waals surface area contributed by atoms with E-state index in [0.717, 1.165) is 36.7 Å². The second-order valence-corrected chi connectivity index (χ2v) is 6.98. The smallest absolute Gasteiger partial charge is 0.446 e. The molecule has 3 rings (SSSR count). The number of aromatic carboxylic acids is 1. The summed E-state index contributed by atoms with van der Waals surface area (Å²) in [5.74, 6) is -1.00. The van der Waals surface area contributed by atoms with Gasteiger partial charge in [-0.2, -0.15) is 8.42 Å². The van der Waals surface area contributed by atoms with Gasteiger partial charge in [-0.1, -0.05) is 12.1 Å². The van der Waals surface area contributed by atoms with E-state index in [0.29, 0.717) is 5.69 Å². The van der Waals surface area contributed by atoms with Gasteiger partial charge >= 0.3 is 22.1 Å². The largest absolute Gasteiger partial charge is 0.494 e. The Morgan fingerprint density at radius 1 is 1.14 bits per heavy atom. The number of hydrogen-bond acceptors (Lipinski definition) is 7. The van der Waals surface area contributed by atoms with Crippen molar-refractivity contribution in [1.29, 1.82) is 5.39 Å². The Morgan fingerprint density at radius 2 is 1.79 bits per heavy atom. The van der Waals surface area contributed by atoms with E-state index in [2.05, 4.69) is 14.1 Å². The van der Waals surface area contributed by atoms with E-state index >= 15 is 0 Å². The third-order valence-electron chi connectivity index (χ3n) is 4.04. The summed E-state index contributed by atoms with van der Waals surface area (Å²) < 4.78 is 38.3. The van der Waals surface area contributed by atoms with E-state index in [9.17, 15) is 13.2 Å². The van der Waals surface area contributed by atoms with Crippen LogP contribution in [0.25, 0.3) is 4.98 Å². The molecule has 0 radical (unpaired) electrons. The van der Waals surface area contributed by atoms with Gasteiger partial charge in [-0.25, -0.2) is 4.79 Å². The van der Waals surface area contributed by atoms with E-state index in [4.69, 9.17) is 19.8 Å². The number of nitrogens with zero attached hydrogens (tertiary/aromatic N) is 3. The van der Waals surface area contributed by atoms with Crippen molar-refractivity contribution in [3.05, 3.63) is 53.0 Å². The third-order valence-corrected chi connectivity index (χ3v) is 4.43. The van der Waals surface area contributed by atoms with Crippen molar-refractivity contribution in [1.82, 2.24) is 0 Å². The van der Waals surface area contributed by atoms with Crippen LogP contribution in [0.2, 0.25) is 0 Å². The highest BCUT2D eigenvalue weighted by molar-refractivity contribution is 7.81. The quantitative estimate of drug-likeness (QED) is 0.548. The Morgan fingerprint density at radius 3 is 2.34 bits per heavy atom. The van der Waals surface area contributed by atoms with Crippen molar-refractivity contribution >= 4 is 27.7 Å². The first-order valence-electron chi connectivity index (χ1n) is 8.52. The summed E-state index contributed by atoms with van der Waals surface area (Å²) in [6.45, 7) is 2.15. The lowest BCUT2D eigenvalue weighted by Crippen LogP contribution is -2.18. The molecule has 0 aliphatic carbocycles. The lowest BCUT2D eigenvalue weighted by molar-refractivity contribution is 0.0695. The van der Waals surface area contributed by atoms with E-state index in [1.54, 1.807) is 19.2 Å². The third kappa shape index (κ3) is 6.34. The van der Waals surface area contributed by atoms with Crippen molar-refractivity contribution in [2.24, 2.45) is 0 Å². The van der Waals surface area contributed by atoms with E-state index in [-0.39, 0.29) is 5.56 Å². The second kappa shape index (κ2) is 9.72. The molecule has 1 heterocycles. The first-order valence-corrected chi connectivity index (χ1v) is 9.89. The van der Waals surface area contributed by atoms with Crippen LogP contribution < -0.4 is 13.8 Å². The molecule has 0 bridgehead atoms. The molecule has 1 saturated heterocycles. The highest BCUT2D eigenvalue weighted by Gasteiger charge is 2.19. The van der Waals surface area contributed by atoms with Crippen LogP contribution in [0.15, 0.2) is 42.5 Å². The van der Waals surface area contributed by atoms with Crippen molar-refractivity contribution < 1.29 is 31.8 Å². The summed E-state index contributed by atoms with van der Waals surface area (Å²) >= 11 is 0. The molecule has 10 nitrogen and oxygen atoms in total. The van der Waals surface area contributed by atoms with Crippen molar-refractivity contribution in [3.8, 4) is 11.5 Å². The lowest BCUT2D eigenvalue weighted by Gasteiger charge is -2.19. The molecule has 11 heteroatoms. The molecular formula is C18H20N3O7S+. The maximum atomic E-state index is 10.6. The van der Waals surface area contributed by atoms with Crippen LogP contribution in [0.3, 0.4) is 0 Å². The number of para-hydroxylation sites is 1. The van der Waals surface area contributed by atoms with Gasteiger partial charge in [-0.15, -0.1) is 0 Å². The van der Waals surface area contributed by atoms with Gasteiger partial charge in [0.1, 0.15) is 11.3 Å². The van der Waals surface area contributed by atoms with E-state index in [1.807, 2.05) is 6.07 Å². The Labute approximate surface area is 167 Å². The van der Waals surface area contributed by atoms with Crippen molar-refractivity contribution in [2.45, 2.75) is 12.8 Å². The number of rotatable bonds is 5. The fourth-order valence-electron chi connectivity index (χ4n) is 2.78. The number of carboxylic acids is 1. The van der Waals surface area contributed by atoms with Crippen molar-refractivity contribution in [2.75, 3.05) is 25.1 Å². The summed E-state index contributed by atoms with van der Waals surface area (Å²) in [6, 6.07) is 10.5. The predicted octanol–water partition coefficient (Wildman–Crippen LogP) is 3.35. The number of anilines is 1. The summed E-state index contributed by atoms with van der Waals surface area (Å²) in [6.07, 6.45) is 2.46. The second-order valence-electron chi connectivity index (χ2n) is 5.96. The molecule has 0 atom stereocenters. The van der Waals surface area contributed by atoms with Crippen LogP contribution in [0, 0.1) is 5.39 Å². The SMILES string of the molecule is COc1cc([N+]#N)ccc1N1CCCC1.O=C(O)c1ccccc1OS(=O)(=O)O. The van der Waals surface area contributed by atoms with E-state index in [1.165, 1.54) is 25.0 Å². The zero-order valence-electron chi connectivity index (χ0n) is 15.6. The number of hydrogen-bond donors (Lipinski definition) is 2. The Balaban J connectivity index is 0.000000208. The summed E-state index contributed by atoms with van der Waals surface area (Å²) in [5, 5.41) is 17.3. The monoisotopic (exact) mass is 422 g/mol. The van der Waals surface area contributed by atoms with E-state index < -0.39 is 22.1 Å². The lowest BCUT2D eigenvalue weighted by atomic mass is 10.2. The maximum absolute atomic E-state index is 10.6. The molecule has 1 aliphatic rings. The molecule has 0 amide bonds. The highest BCUT2D eigenvalue weighted by atomic mass is 32.3. The summed E-state index contributed by atoms with van der Waals surface area (Å²) in [7, 11) is -3.06. The highest BCUT2D eigenvalue weighted by Crippen LogP contribution is 2.34. The van der Waals surface area contributed by atoms with Gasteiger partial charge in [-0.05, 0) is 31.0 Å². The van der Waals surface area contributed by atoms with Gasteiger partial charge in [0.05, 0.1) is 18.9 Å². The van der Waals surface area contributed by atoms with Gasteiger partial charge < -0.3 is 18.9 Å². The number of methoxy groups -OCH3 is 1. The van der Waals surface area contributed by atoms with Crippen LogP contribution in [-0.2, 0) is 10.4 Å². The molecule has 0 unspecified atom stereocenters. The minimum atomic E-state index is -4.70. The van der Waals surface area contributed by atoms with Gasteiger partial charge in [0.2, 0.25) is 5.39 Å². The molecule has 0 spiro atoms. The van der Waals surface area contributed by atoms with Crippen LogP contribution in [0.4, 0.5) is 11.4 Å². The van der Waals surface area contributed by atoms with Crippen LogP contribution in [0.5, 0.6) is 11.5 Å². The minimum Gasteiger partial charge on any atom is -0.494 e. The number of benzene rings is 2. The number of diazo groups is 1. The molecule has 2 aromatic carbocycles. The fraction of sp³-hybridized carbons (Fsp3) is 0.278. The number of ether oxygens (including phenoxy) is 1. The molecule has 2 aromatic rings. The molecular weight excluding hydrogens is 402 g/mol. The standard InChI is InChI=1S/C11H14N3O.C7H6O6S/c1-15-11-8-9(13-12)4-5-10(11)14-6-2-3-7-14;8-7(9)5-3-1-2-4-6(5)13-14(10,11)12/h4-5,8H,2-3,6-7H2,1H3;1-4H,(H,8,9)(H,10,11,12)/q+1;. The van der Waals surface area contributed by atoms with Crippen LogP contribution in [0.1, 0.15) is 23.2 Å². The summed E-state index contributed by atoms with van der Waals surface area (Å²) in [5.41, 5.74) is 1.27.